The smallest absolute Gasteiger partial charge is 0.255 e. The van der Waals surface area contributed by atoms with E-state index in [-0.39, 0.29) is 17.9 Å². The number of carbonyl (C=O) groups is 2. The van der Waals surface area contributed by atoms with Crippen molar-refractivity contribution in [1.82, 2.24) is 5.32 Å². The van der Waals surface area contributed by atoms with E-state index in [1.54, 1.807) is 48.5 Å². The summed E-state index contributed by atoms with van der Waals surface area (Å²) in [6.07, 6.45) is 3.10. The van der Waals surface area contributed by atoms with Crippen LogP contribution in [0, 0.1) is 0 Å². The molecule has 148 valence electrons. The lowest BCUT2D eigenvalue weighted by atomic mass is 10.1. The Morgan fingerprint density at radius 3 is 2.61 bits per heavy atom. The molecular weight excluding hydrogens is 356 g/mol. The first kappa shape index (κ1) is 20.0. The summed E-state index contributed by atoms with van der Waals surface area (Å²) in [5.74, 6) is -0.466. The summed E-state index contributed by atoms with van der Waals surface area (Å²) in [5, 5.41) is 5.69. The molecule has 1 heterocycles. The quantitative estimate of drug-likeness (QED) is 0.653. The van der Waals surface area contributed by atoms with E-state index in [1.165, 1.54) is 0 Å². The zero-order valence-corrected chi connectivity index (χ0v) is 15.9. The van der Waals surface area contributed by atoms with Crippen LogP contribution in [0.4, 0.5) is 5.69 Å². The van der Waals surface area contributed by atoms with Crippen LogP contribution in [0.1, 0.15) is 40.0 Å². The Labute approximate surface area is 165 Å². The van der Waals surface area contributed by atoms with Gasteiger partial charge in [0.15, 0.2) is 0 Å². The first-order chi connectivity index (χ1) is 13.7. The predicted molar refractivity (Wildman–Crippen MR) is 108 cm³/mol. The van der Waals surface area contributed by atoms with Gasteiger partial charge >= 0.3 is 0 Å². The van der Waals surface area contributed by atoms with Gasteiger partial charge in [0, 0.05) is 25.3 Å². The molecule has 1 unspecified atom stereocenters. The maximum absolute atomic E-state index is 12.5. The number of para-hydroxylation sites is 1. The first-order valence-electron chi connectivity index (χ1n) is 9.67. The predicted octanol–water partition coefficient (Wildman–Crippen LogP) is 3.25. The van der Waals surface area contributed by atoms with Gasteiger partial charge in [0.2, 0.25) is 0 Å². The van der Waals surface area contributed by atoms with Crippen LogP contribution < -0.4 is 10.6 Å². The first-order valence-corrected chi connectivity index (χ1v) is 9.67. The van der Waals surface area contributed by atoms with E-state index in [9.17, 15) is 9.59 Å². The monoisotopic (exact) mass is 382 g/mol. The van der Waals surface area contributed by atoms with Gasteiger partial charge in [-0.05, 0) is 43.5 Å². The number of hydrogen-bond donors (Lipinski definition) is 2. The maximum Gasteiger partial charge on any atom is 0.255 e. The second kappa shape index (κ2) is 10.6. The van der Waals surface area contributed by atoms with Crippen molar-refractivity contribution in [3.63, 3.8) is 0 Å². The molecule has 3 rings (SSSR count). The number of nitrogens with one attached hydrogen (secondary N) is 2. The zero-order chi connectivity index (χ0) is 19.6. The van der Waals surface area contributed by atoms with Crippen molar-refractivity contribution in [3.05, 3.63) is 65.7 Å². The minimum Gasteiger partial charge on any atom is -0.379 e. The van der Waals surface area contributed by atoms with Crippen LogP contribution in [0.2, 0.25) is 0 Å². The van der Waals surface area contributed by atoms with Gasteiger partial charge in [0.25, 0.3) is 11.8 Å². The Morgan fingerprint density at radius 2 is 1.82 bits per heavy atom. The van der Waals surface area contributed by atoms with Crippen molar-refractivity contribution < 1.29 is 19.1 Å². The lowest BCUT2D eigenvalue weighted by molar-refractivity contribution is 0.0166. The Balaban J connectivity index is 1.45. The van der Waals surface area contributed by atoms with E-state index in [2.05, 4.69) is 10.6 Å². The molecule has 0 aromatic heterocycles. The number of rotatable bonds is 9. The van der Waals surface area contributed by atoms with Crippen molar-refractivity contribution in [1.29, 1.82) is 0 Å². The molecule has 1 atom stereocenters. The molecule has 6 heteroatoms. The maximum atomic E-state index is 12.5. The summed E-state index contributed by atoms with van der Waals surface area (Å²) < 4.78 is 11.1. The third-order valence-electron chi connectivity index (χ3n) is 4.53. The van der Waals surface area contributed by atoms with Gasteiger partial charge in [-0.15, -0.1) is 0 Å². The fraction of sp³-hybridized carbons (Fsp3) is 0.364. The Bertz CT molecular complexity index is 773. The molecule has 1 fully saturated rings. The molecular formula is C22H26N2O4. The number of anilines is 1. The lowest BCUT2D eigenvalue weighted by Crippen LogP contribution is -2.27. The highest BCUT2D eigenvalue weighted by molar-refractivity contribution is 6.08. The zero-order valence-electron chi connectivity index (χ0n) is 15.9. The van der Waals surface area contributed by atoms with Crippen LogP contribution in [-0.4, -0.2) is 44.3 Å². The van der Waals surface area contributed by atoms with Gasteiger partial charge in [-0.25, -0.2) is 0 Å². The van der Waals surface area contributed by atoms with E-state index in [1.807, 2.05) is 6.07 Å². The second-order valence-electron chi connectivity index (χ2n) is 6.69. The Kier molecular flexibility index (Phi) is 7.58. The van der Waals surface area contributed by atoms with Crippen LogP contribution >= 0.6 is 0 Å². The van der Waals surface area contributed by atoms with Gasteiger partial charge in [-0.2, -0.15) is 0 Å². The normalized spacial score (nSPS) is 15.9. The standard InChI is InChI=1S/C22H26N2O4/c25-21(17-8-2-1-3-9-17)24-20-12-5-4-11-19(20)22(26)23-13-7-14-27-16-18-10-6-15-28-18/h1-5,8-9,11-12,18H,6-7,10,13-16H2,(H,23,26)(H,24,25). The molecule has 0 spiro atoms. The molecule has 1 aliphatic rings. The third kappa shape index (κ3) is 5.90. The molecule has 0 bridgehead atoms. The molecule has 6 nitrogen and oxygen atoms in total. The van der Waals surface area contributed by atoms with E-state index >= 15 is 0 Å². The fourth-order valence-electron chi connectivity index (χ4n) is 3.04. The van der Waals surface area contributed by atoms with Crippen LogP contribution in [0.5, 0.6) is 0 Å². The van der Waals surface area contributed by atoms with Gasteiger partial charge in [-0.1, -0.05) is 30.3 Å². The van der Waals surface area contributed by atoms with Gasteiger partial charge in [0.05, 0.1) is 24.0 Å². The summed E-state index contributed by atoms with van der Waals surface area (Å²) in [4.78, 5) is 24.9. The van der Waals surface area contributed by atoms with Crippen LogP contribution in [-0.2, 0) is 9.47 Å². The van der Waals surface area contributed by atoms with Gasteiger partial charge < -0.3 is 20.1 Å². The second-order valence-corrected chi connectivity index (χ2v) is 6.69. The average Bonchev–Trinajstić information content (AvgIpc) is 3.25. The topological polar surface area (TPSA) is 76.7 Å². The molecule has 0 aliphatic carbocycles. The number of amides is 2. The SMILES string of the molecule is O=C(Nc1ccccc1C(=O)NCCCOCC1CCCO1)c1ccccc1. The van der Waals surface area contributed by atoms with Crippen molar-refractivity contribution >= 4 is 17.5 Å². The summed E-state index contributed by atoms with van der Waals surface area (Å²) in [7, 11) is 0. The van der Waals surface area contributed by atoms with E-state index < -0.39 is 0 Å². The van der Waals surface area contributed by atoms with E-state index in [0.717, 1.165) is 25.9 Å². The lowest BCUT2D eigenvalue weighted by Gasteiger charge is -2.12. The fourth-order valence-corrected chi connectivity index (χ4v) is 3.04. The van der Waals surface area contributed by atoms with Crippen molar-refractivity contribution in [2.45, 2.75) is 25.4 Å². The third-order valence-corrected chi connectivity index (χ3v) is 4.53. The number of ether oxygens (including phenoxy) is 2. The van der Waals surface area contributed by atoms with E-state index in [0.29, 0.717) is 36.6 Å². The molecule has 2 aromatic rings. The summed E-state index contributed by atoms with van der Waals surface area (Å²) in [6, 6.07) is 15.9. The van der Waals surface area contributed by atoms with Crippen molar-refractivity contribution in [3.8, 4) is 0 Å². The van der Waals surface area contributed by atoms with Crippen molar-refractivity contribution in [2.75, 3.05) is 31.7 Å². The Hall–Kier alpha value is -2.70. The van der Waals surface area contributed by atoms with Crippen LogP contribution in [0.3, 0.4) is 0 Å². The van der Waals surface area contributed by atoms with Crippen LogP contribution in [0.25, 0.3) is 0 Å². The highest BCUT2D eigenvalue weighted by atomic mass is 16.5. The minimum atomic E-state index is -0.247. The van der Waals surface area contributed by atoms with Crippen molar-refractivity contribution in [2.24, 2.45) is 0 Å². The number of carbonyl (C=O) groups excluding carboxylic acids is 2. The van der Waals surface area contributed by atoms with Gasteiger partial charge in [-0.3, -0.25) is 9.59 Å². The molecule has 1 aliphatic heterocycles. The summed E-state index contributed by atoms with van der Waals surface area (Å²) in [6.45, 7) is 2.52. The highest BCUT2D eigenvalue weighted by Gasteiger charge is 2.15. The van der Waals surface area contributed by atoms with Crippen LogP contribution in [0.15, 0.2) is 54.6 Å². The number of benzene rings is 2. The molecule has 0 radical (unpaired) electrons. The minimum absolute atomic E-state index is 0.217. The molecule has 2 amide bonds. The van der Waals surface area contributed by atoms with E-state index in [4.69, 9.17) is 9.47 Å². The molecule has 1 saturated heterocycles. The largest absolute Gasteiger partial charge is 0.379 e. The molecule has 0 saturated carbocycles. The highest BCUT2D eigenvalue weighted by Crippen LogP contribution is 2.16. The van der Waals surface area contributed by atoms with Gasteiger partial charge in [0.1, 0.15) is 0 Å². The molecule has 2 aromatic carbocycles. The number of hydrogen-bond acceptors (Lipinski definition) is 4. The molecule has 2 N–H and O–H groups in total. The average molecular weight is 382 g/mol. The Morgan fingerprint density at radius 1 is 1.04 bits per heavy atom. The summed E-state index contributed by atoms with van der Waals surface area (Å²) in [5.41, 5.74) is 1.47. The molecule has 28 heavy (non-hydrogen) atoms. The summed E-state index contributed by atoms with van der Waals surface area (Å²) >= 11 is 0.